The van der Waals surface area contributed by atoms with Crippen molar-refractivity contribution in [2.24, 2.45) is 5.92 Å². The molecule has 3 N–H and O–H groups in total. The van der Waals surface area contributed by atoms with Gasteiger partial charge in [0.2, 0.25) is 0 Å². The number of amides is 2. The number of aliphatic hydroxyl groups excluding tert-OH is 1. The highest BCUT2D eigenvalue weighted by atomic mass is 32.1. The van der Waals surface area contributed by atoms with Gasteiger partial charge in [-0.1, -0.05) is 12.8 Å². The minimum Gasteiger partial charge on any atom is -0.396 e. The molecule has 3 rings (SSSR count). The molecule has 2 aromatic rings. The molecule has 0 bridgehead atoms. The van der Waals surface area contributed by atoms with Crippen LogP contribution in [-0.2, 0) is 0 Å². The number of carbonyl (C=O) groups is 1. The Morgan fingerprint density at radius 1 is 1.39 bits per heavy atom. The van der Waals surface area contributed by atoms with E-state index in [1.54, 1.807) is 12.4 Å². The molecule has 2 aromatic heterocycles. The Labute approximate surface area is 139 Å². The summed E-state index contributed by atoms with van der Waals surface area (Å²) in [5.41, 5.74) is 1.72. The fraction of sp³-hybridized carbons (Fsp3) is 0.438. The van der Waals surface area contributed by atoms with Gasteiger partial charge in [-0.3, -0.25) is 10.3 Å². The first kappa shape index (κ1) is 15.9. The number of pyridine rings is 1. The van der Waals surface area contributed by atoms with E-state index in [1.807, 2.05) is 17.5 Å². The zero-order valence-electron chi connectivity index (χ0n) is 12.7. The first-order valence-corrected chi connectivity index (χ1v) is 8.68. The second-order valence-electron chi connectivity index (χ2n) is 5.71. The zero-order chi connectivity index (χ0) is 16.1. The lowest BCUT2D eigenvalue weighted by molar-refractivity contribution is 0.156. The van der Waals surface area contributed by atoms with Crippen molar-refractivity contribution in [2.45, 2.75) is 31.7 Å². The fourth-order valence-corrected chi connectivity index (χ4v) is 3.61. The predicted octanol–water partition coefficient (Wildman–Crippen LogP) is 2.88. The fourth-order valence-electron chi connectivity index (χ4n) is 2.90. The first-order valence-electron chi connectivity index (χ1n) is 7.80. The van der Waals surface area contributed by atoms with Crippen LogP contribution in [-0.4, -0.2) is 33.8 Å². The monoisotopic (exact) mass is 332 g/mol. The highest BCUT2D eigenvalue weighted by Gasteiger charge is 2.26. The molecular formula is C16H20N4O2S. The van der Waals surface area contributed by atoms with Crippen LogP contribution in [0.2, 0.25) is 0 Å². The highest BCUT2D eigenvalue weighted by molar-refractivity contribution is 7.14. The van der Waals surface area contributed by atoms with Crippen LogP contribution in [0, 0.1) is 5.92 Å². The maximum atomic E-state index is 12.1. The lowest BCUT2D eigenvalue weighted by atomic mass is 9.85. The number of urea groups is 1. The normalized spacial score (nSPS) is 20.9. The van der Waals surface area contributed by atoms with E-state index in [-0.39, 0.29) is 24.6 Å². The van der Waals surface area contributed by atoms with Crippen LogP contribution in [0.4, 0.5) is 9.93 Å². The number of hydrogen-bond acceptors (Lipinski definition) is 5. The van der Waals surface area contributed by atoms with Crippen LogP contribution in [0.15, 0.2) is 29.9 Å². The summed E-state index contributed by atoms with van der Waals surface area (Å²) in [6, 6.07) is 3.56. The number of nitrogens with zero attached hydrogens (tertiary/aromatic N) is 2. The van der Waals surface area contributed by atoms with Gasteiger partial charge in [-0.25, -0.2) is 9.78 Å². The summed E-state index contributed by atoms with van der Waals surface area (Å²) < 4.78 is 0. The minimum absolute atomic E-state index is 0.0338. The van der Waals surface area contributed by atoms with Crippen molar-refractivity contribution in [3.05, 3.63) is 29.9 Å². The van der Waals surface area contributed by atoms with Crippen LogP contribution in [0.25, 0.3) is 11.3 Å². The predicted molar refractivity (Wildman–Crippen MR) is 90.3 cm³/mol. The quantitative estimate of drug-likeness (QED) is 0.803. The summed E-state index contributed by atoms with van der Waals surface area (Å²) >= 11 is 1.38. The molecule has 6 nitrogen and oxygen atoms in total. The van der Waals surface area contributed by atoms with Crippen molar-refractivity contribution in [2.75, 3.05) is 11.9 Å². The van der Waals surface area contributed by atoms with E-state index in [0.717, 1.165) is 36.9 Å². The summed E-state index contributed by atoms with van der Waals surface area (Å²) in [5.74, 6) is 0.150. The van der Waals surface area contributed by atoms with Gasteiger partial charge in [-0.05, 0) is 25.0 Å². The number of aliphatic hydroxyl groups is 1. The standard InChI is InChI=1S/C16H20N4O2S/c21-9-12-4-1-2-6-13(12)18-15(22)20-16-19-14(10-23-16)11-5-3-7-17-8-11/h3,5,7-8,10,12-13,21H,1-2,4,6,9H2,(H2,18,19,20,22)/t12-,13-/m0/s1. The second kappa shape index (κ2) is 7.52. The van der Waals surface area contributed by atoms with Gasteiger partial charge < -0.3 is 10.4 Å². The number of carbonyl (C=O) groups excluding carboxylic acids is 1. The molecule has 2 atom stereocenters. The van der Waals surface area contributed by atoms with Gasteiger partial charge in [0.1, 0.15) is 0 Å². The molecule has 2 amide bonds. The van der Waals surface area contributed by atoms with Gasteiger partial charge in [-0.15, -0.1) is 11.3 Å². The van der Waals surface area contributed by atoms with Crippen molar-refractivity contribution in [3.63, 3.8) is 0 Å². The molecule has 23 heavy (non-hydrogen) atoms. The van der Waals surface area contributed by atoms with Gasteiger partial charge in [0, 0.05) is 41.9 Å². The number of thiazole rings is 1. The molecular weight excluding hydrogens is 312 g/mol. The maximum absolute atomic E-state index is 12.1. The Kier molecular flexibility index (Phi) is 5.19. The Morgan fingerprint density at radius 3 is 3.04 bits per heavy atom. The molecule has 0 aromatic carbocycles. The van der Waals surface area contributed by atoms with Gasteiger partial charge >= 0.3 is 6.03 Å². The molecule has 122 valence electrons. The van der Waals surface area contributed by atoms with Gasteiger partial charge in [0.15, 0.2) is 5.13 Å². The van der Waals surface area contributed by atoms with E-state index in [4.69, 9.17) is 0 Å². The third kappa shape index (κ3) is 4.05. The van der Waals surface area contributed by atoms with E-state index in [2.05, 4.69) is 20.6 Å². The lowest BCUT2D eigenvalue weighted by Gasteiger charge is -2.30. The van der Waals surface area contributed by atoms with Crippen LogP contribution in [0.3, 0.4) is 0 Å². The lowest BCUT2D eigenvalue weighted by Crippen LogP contribution is -2.45. The van der Waals surface area contributed by atoms with Crippen LogP contribution in [0.1, 0.15) is 25.7 Å². The summed E-state index contributed by atoms with van der Waals surface area (Å²) in [6.07, 6.45) is 7.54. The molecule has 0 unspecified atom stereocenters. The Balaban J connectivity index is 1.59. The van der Waals surface area contributed by atoms with Gasteiger partial charge in [0.25, 0.3) is 0 Å². The molecule has 0 radical (unpaired) electrons. The molecule has 0 saturated heterocycles. The smallest absolute Gasteiger partial charge is 0.321 e. The summed E-state index contributed by atoms with van der Waals surface area (Å²) in [6.45, 7) is 0.118. The van der Waals surface area contributed by atoms with Crippen LogP contribution < -0.4 is 10.6 Å². The van der Waals surface area contributed by atoms with Crippen molar-refractivity contribution < 1.29 is 9.90 Å². The Hall–Kier alpha value is -1.99. The SMILES string of the molecule is O=C(Nc1nc(-c2cccnc2)cs1)N[C@H]1CCCC[C@H]1CO. The van der Waals surface area contributed by atoms with E-state index < -0.39 is 0 Å². The summed E-state index contributed by atoms with van der Waals surface area (Å²) in [5, 5.41) is 17.6. The molecule has 1 aliphatic carbocycles. The average Bonchev–Trinajstić information content (AvgIpc) is 3.04. The molecule has 0 aliphatic heterocycles. The van der Waals surface area contributed by atoms with E-state index in [9.17, 15) is 9.90 Å². The summed E-state index contributed by atoms with van der Waals surface area (Å²) in [7, 11) is 0. The van der Waals surface area contributed by atoms with Gasteiger partial charge in [-0.2, -0.15) is 0 Å². The maximum Gasteiger partial charge on any atom is 0.321 e. The number of rotatable bonds is 4. The Bertz CT molecular complexity index is 647. The molecule has 1 fully saturated rings. The highest BCUT2D eigenvalue weighted by Crippen LogP contribution is 2.25. The zero-order valence-corrected chi connectivity index (χ0v) is 13.6. The third-order valence-electron chi connectivity index (χ3n) is 4.14. The van der Waals surface area contributed by atoms with Gasteiger partial charge in [0.05, 0.1) is 5.69 Å². The average molecular weight is 332 g/mol. The van der Waals surface area contributed by atoms with E-state index in [0.29, 0.717) is 5.13 Å². The molecule has 7 heteroatoms. The number of nitrogens with one attached hydrogen (secondary N) is 2. The molecule has 1 aliphatic rings. The van der Waals surface area contributed by atoms with Crippen LogP contribution >= 0.6 is 11.3 Å². The van der Waals surface area contributed by atoms with Crippen LogP contribution in [0.5, 0.6) is 0 Å². The summed E-state index contributed by atoms with van der Waals surface area (Å²) in [4.78, 5) is 20.6. The minimum atomic E-state index is -0.262. The third-order valence-corrected chi connectivity index (χ3v) is 4.90. The topological polar surface area (TPSA) is 87.1 Å². The van der Waals surface area contributed by atoms with Crippen molar-refractivity contribution in [1.29, 1.82) is 0 Å². The Morgan fingerprint density at radius 2 is 2.26 bits per heavy atom. The number of aromatic nitrogens is 2. The van der Waals surface area contributed by atoms with E-state index >= 15 is 0 Å². The van der Waals surface area contributed by atoms with Crippen molar-refractivity contribution in [3.8, 4) is 11.3 Å². The largest absolute Gasteiger partial charge is 0.396 e. The van der Waals surface area contributed by atoms with Crippen molar-refractivity contribution >= 4 is 22.5 Å². The molecule has 0 spiro atoms. The van der Waals surface area contributed by atoms with Crippen molar-refractivity contribution in [1.82, 2.24) is 15.3 Å². The number of hydrogen-bond donors (Lipinski definition) is 3. The number of anilines is 1. The first-order chi connectivity index (χ1) is 11.3. The molecule has 1 saturated carbocycles. The van der Waals surface area contributed by atoms with E-state index in [1.165, 1.54) is 11.3 Å². The second-order valence-corrected chi connectivity index (χ2v) is 6.57. The molecule has 2 heterocycles.